The summed E-state index contributed by atoms with van der Waals surface area (Å²) in [6.45, 7) is 6.33. The van der Waals surface area contributed by atoms with Crippen molar-refractivity contribution in [1.82, 2.24) is 10.7 Å². The van der Waals surface area contributed by atoms with Crippen LogP contribution in [0.15, 0.2) is 44.4 Å². The van der Waals surface area contributed by atoms with Gasteiger partial charge in [-0.2, -0.15) is 5.10 Å². The van der Waals surface area contributed by atoms with Crippen LogP contribution in [0.3, 0.4) is 0 Å². The van der Waals surface area contributed by atoms with E-state index in [-0.39, 0.29) is 18.6 Å². The first-order valence-electron chi connectivity index (χ1n) is 11.4. The number of nitrogens with zero attached hydrogens (tertiary/aromatic N) is 1. The normalized spacial score (nSPS) is 10.9. The quantitative estimate of drug-likeness (QED) is 0.140. The molecule has 0 aliphatic heterocycles. The number of hydrogen-bond donors (Lipinski definition) is 3. The number of hydrazone groups is 1. The smallest absolute Gasteiger partial charge is 0.329 e. The number of carbonyl (C=O) groups excluding carboxylic acids is 3. The number of rotatable bonds is 12. The van der Waals surface area contributed by atoms with E-state index in [0.717, 1.165) is 10.0 Å². The van der Waals surface area contributed by atoms with E-state index in [1.54, 1.807) is 18.2 Å². The molecule has 0 bridgehead atoms. The van der Waals surface area contributed by atoms with Crippen LogP contribution in [0.1, 0.15) is 31.4 Å². The summed E-state index contributed by atoms with van der Waals surface area (Å²) in [6.07, 6.45) is 2.05. The Labute approximate surface area is 232 Å². The lowest BCUT2D eigenvalue weighted by molar-refractivity contribution is -0.139. The second kappa shape index (κ2) is 15.3. The molecule has 0 saturated heterocycles. The molecular weight excluding hydrogens is 612 g/mol. The second-order valence-corrected chi connectivity index (χ2v) is 9.77. The van der Waals surface area contributed by atoms with Crippen LogP contribution in [-0.4, -0.2) is 56.9 Å². The van der Waals surface area contributed by atoms with Gasteiger partial charge < -0.3 is 24.8 Å². The summed E-state index contributed by atoms with van der Waals surface area (Å²) in [5, 5.41) is 9.09. The average molecular weight is 642 g/mol. The topological polar surface area (TPSA) is 127 Å². The summed E-state index contributed by atoms with van der Waals surface area (Å²) in [5.41, 5.74) is 4.37. The van der Waals surface area contributed by atoms with E-state index in [9.17, 15) is 14.4 Å². The Morgan fingerprint density at radius 3 is 2.51 bits per heavy atom. The van der Waals surface area contributed by atoms with Gasteiger partial charge in [0, 0.05) is 23.3 Å². The van der Waals surface area contributed by atoms with Crippen LogP contribution in [0.2, 0.25) is 0 Å². The Kier molecular flexibility index (Phi) is 12.5. The van der Waals surface area contributed by atoms with E-state index < -0.39 is 11.8 Å². The summed E-state index contributed by atoms with van der Waals surface area (Å²) in [4.78, 5) is 36.1. The first-order chi connectivity index (χ1) is 17.6. The largest absolute Gasteiger partial charge is 0.493 e. The number of nitrogens with one attached hydrogen (secondary N) is 3. The zero-order valence-electron chi connectivity index (χ0n) is 21.0. The first-order valence-corrected chi connectivity index (χ1v) is 13.0. The number of aryl methyl sites for hydroxylation is 1. The monoisotopic (exact) mass is 640 g/mol. The summed E-state index contributed by atoms with van der Waals surface area (Å²) in [6, 6.07) is 8.76. The highest BCUT2D eigenvalue weighted by Gasteiger charge is 2.15. The molecule has 0 radical (unpaired) electrons. The standard InChI is InChI=1S/C25H30Br2N4O6/c1-15(2)36-9-5-8-28-24(33)25(34)31-29-13-17-11-20(27)23(21(12-17)35-4)37-14-22(32)30-18-6-7-19(26)16(3)10-18/h6-7,10-13,15H,5,8-9,14H2,1-4H3,(H,28,33)(H,30,32)(H,31,34)/b29-13-. The maximum atomic E-state index is 12.3. The molecule has 0 atom stereocenters. The van der Waals surface area contributed by atoms with Gasteiger partial charge in [0.2, 0.25) is 0 Å². The molecular formula is C25H30Br2N4O6. The fourth-order valence-electron chi connectivity index (χ4n) is 2.90. The first kappa shape index (κ1) is 30.3. The van der Waals surface area contributed by atoms with Gasteiger partial charge in [-0.15, -0.1) is 0 Å². The molecule has 10 nitrogen and oxygen atoms in total. The molecule has 0 aliphatic carbocycles. The minimum Gasteiger partial charge on any atom is -0.493 e. The van der Waals surface area contributed by atoms with Gasteiger partial charge in [0.1, 0.15) is 0 Å². The van der Waals surface area contributed by atoms with Crippen LogP contribution in [0.4, 0.5) is 5.69 Å². The zero-order valence-corrected chi connectivity index (χ0v) is 24.2. The van der Waals surface area contributed by atoms with Crippen molar-refractivity contribution in [3.8, 4) is 11.5 Å². The minimum atomic E-state index is -0.890. The Bertz CT molecular complexity index is 1140. The van der Waals surface area contributed by atoms with E-state index >= 15 is 0 Å². The number of amides is 3. The van der Waals surface area contributed by atoms with Crippen molar-refractivity contribution < 1.29 is 28.6 Å². The highest BCUT2D eigenvalue weighted by Crippen LogP contribution is 2.36. The molecule has 2 rings (SSSR count). The summed E-state index contributed by atoms with van der Waals surface area (Å²) in [5.74, 6) is -1.35. The van der Waals surface area contributed by atoms with Gasteiger partial charge in [0.15, 0.2) is 18.1 Å². The molecule has 37 heavy (non-hydrogen) atoms. The molecule has 0 unspecified atom stereocenters. The van der Waals surface area contributed by atoms with E-state index in [1.165, 1.54) is 13.3 Å². The van der Waals surface area contributed by atoms with Crippen molar-refractivity contribution in [2.45, 2.75) is 33.3 Å². The van der Waals surface area contributed by atoms with Crippen LogP contribution in [0, 0.1) is 6.92 Å². The van der Waals surface area contributed by atoms with E-state index in [4.69, 9.17) is 14.2 Å². The van der Waals surface area contributed by atoms with Crippen LogP contribution in [0.25, 0.3) is 0 Å². The molecule has 0 aromatic heterocycles. The van der Waals surface area contributed by atoms with Gasteiger partial charge in [0.05, 0.1) is 23.9 Å². The van der Waals surface area contributed by atoms with E-state index in [2.05, 4.69) is 53.0 Å². The maximum absolute atomic E-state index is 12.3. The molecule has 3 N–H and O–H groups in total. The zero-order chi connectivity index (χ0) is 27.4. The predicted octanol–water partition coefficient (Wildman–Crippen LogP) is 3.93. The Hall–Kier alpha value is -2.96. The van der Waals surface area contributed by atoms with Gasteiger partial charge in [-0.25, -0.2) is 5.43 Å². The van der Waals surface area contributed by atoms with Gasteiger partial charge in [0.25, 0.3) is 5.91 Å². The maximum Gasteiger partial charge on any atom is 0.329 e. The number of anilines is 1. The Morgan fingerprint density at radius 2 is 1.84 bits per heavy atom. The van der Waals surface area contributed by atoms with Crippen molar-refractivity contribution >= 4 is 61.5 Å². The molecule has 200 valence electrons. The van der Waals surface area contributed by atoms with E-state index in [1.807, 2.05) is 32.9 Å². The SMILES string of the molecule is COc1cc(/C=N\NC(=O)C(=O)NCCCOC(C)C)cc(Br)c1OCC(=O)Nc1ccc(Br)c(C)c1. The number of benzene rings is 2. The highest BCUT2D eigenvalue weighted by molar-refractivity contribution is 9.10. The molecule has 2 aromatic rings. The second-order valence-electron chi connectivity index (χ2n) is 8.06. The summed E-state index contributed by atoms with van der Waals surface area (Å²) >= 11 is 6.83. The number of halogens is 2. The number of hydrogen-bond acceptors (Lipinski definition) is 7. The number of ether oxygens (including phenoxy) is 3. The van der Waals surface area contributed by atoms with Crippen molar-refractivity contribution in [2.24, 2.45) is 5.10 Å². The number of carbonyl (C=O) groups is 3. The Morgan fingerprint density at radius 1 is 1.08 bits per heavy atom. The fourth-order valence-corrected chi connectivity index (χ4v) is 3.72. The van der Waals surface area contributed by atoms with Crippen LogP contribution in [-0.2, 0) is 19.1 Å². The molecule has 0 saturated carbocycles. The van der Waals surface area contributed by atoms with E-state index in [0.29, 0.717) is 46.8 Å². The van der Waals surface area contributed by atoms with Crippen molar-refractivity contribution in [3.63, 3.8) is 0 Å². The van der Waals surface area contributed by atoms with Gasteiger partial charge in [-0.3, -0.25) is 14.4 Å². The highest BCUT2D eigenvalue weighted by atomic mass is 79.9. The van der Waals surface area contributed by atoms with Crippen molar-refractivity contribution in [3.05, 3.63) is 50.4 Å². The van der Waals surface area contributed by atoms with Crippen molar-refractivity contribution in [1.29, 1.82) is 0 Å². The molecule has 2 aromatic carbocycles. The predicted molar refractivity (Wildman–Crippen MR) is 148 cm³/mol. The van der Waals surface area contributed by atoms with Gasteiger partial charge in [-0.05, 0) is 84.6 Å². The molecule has 0 spiro atoms. The molecule has 0 heterocycles. The third-order valence-corrected chi connectivity index (χ3v) is 6.16. The third-order valence-electron chi connectivity index (χ3n) is 4.68. The van der Waals surface area contributed by atoms with Crippen LogP contribution < -0.4 is 25.5 Å². The minimum absolute atomic E-state index is 0.110. The van der Waals surface area contributed by atoms with Crippen LogP contribution in [0.5, 0.6) is 11.5 Å². The lowest BCUT2D eigenvalue weighted by Crippen LogP contribution is -2.38. The lowest BCUT2D eigenvalue weighted by atomic mass is 10.2. The van der Waals surface area contributed by atoms with Crippen LogP contribution >= 0.6 is 31.9 Å². The van der Waals surface area contributed by atoms with Crippen molar-refractivity contribution in [2.75, 3.05) is 32.2 Å². The molecule has 12 heteroatoms. The Balaban J connectivity index is 1.89. The lowest BCUT2D eigenvalue weighted by Gasteiger charge is -2.14. The summed E-state index contributed by atoms with van der Waals surface area (Å²) < 4.78 is 17.9. The molecule has 0 aliphatic rings. The fraction of sp³-hybridized carbons (Fsp3) is 0.360. The third kappa shape index (κ3) is 10.5. The average Bonchev–Trinajstić information content (AvgIpc) is 2.84. The molecule has 0 fully saturated rings. The molecule has 3 amide bonds. The number of methoxy groups -OCH3 is 1. The van der Waals surface area contributed by atoms with Gasteiger partial charge >= 0.3 is 11.8 Å². The van der Waals surface area contributed by atoms with Gasteiger partial charge in [-0.1, -0.05) is 15.9 Å². The summed E-state index contributed by atoms with van der Waals surface area (Å²) in [7, 11) is 1.46.